The Kier molecular flexibility index (Phi) is 4.84. The number of hydrogen-bond donors (Lipinski definition) is 2. The quantitative estimate of drug-likeness (QED) is 0.506. The van der Waals surface area contributed by atoms with Gasteiger partial charge in [0.1, 0.15) is 34.2 Å². The number of benzene rings is 2. The first-order valence-electron chi connectivity index (χ1n) is 9.89. The molecule has 0 bridgehead atoms. The summed E-state index contributed by atoms with van der Waals surface area (Å²) in [6.07, 6.45) is 1.27. The van der Waals surface area contributed by atoms with Crippen LogP contribution in [0.5, 0.6) is 0 Å². The third-order valence-corrected chi connectivity index (χ3v) is 7.25. The minimum atomic E-state index is -3.84. The number of nitrogen functional groups attached to an aromatic ring is 1. The topological polar surface area (TPSA) is 114 Å². The van der Waals surface area contributed by atoms with Gasteiger partial charge in [-0.2, -0.15) is 0 Å². The highest BCUT2D eigenvalue weighted by molar-refractivity contribution is 7.92. The molecule has 1 aliphatic heterocycles. The number of rotatable bonds is 4. The predicted octanol–water partition coefficient (Wildman–Crippen LogP) is 2.95. The summed E-state index contributed by atoms with van der Waals surface area (Å²) in [5, 5.41) is 0. The van der Waals surface area contributed by atoms with Gasteiger partial charge in [-0.3, -0.25) is 0 Å². The highest BCUT2D eigenvalue weighted by atomic mass is 32.2. The van der Waals surface area contributed by atoms with Crippen LogP contribution in [0.1, 0.15) is 11.7 Å². The van der Waals surface area contributed by atoms with E-state index in [-0.39, 0.29) is 27.2 Å². The molecule has 0 aliphatic carbocycles. The Balaban J connectivity index is 1.57. The molecule has 0 saturated carbocycles. The van der Waals surface area contributed by atoms with Crippen LogP contribution in [-0.2, 0) is 14.6 Å². The van der Waals surface area contributed by atoms with E-state index >= 15 is 0 Å². The van der Waals surface area contributed by atoms with Gasteiger partial charge >= 0.3 is 0 Å². The van der Waals surface area contributed by atoms with Crippen molar-refractivity contribution in [1.82, 2.24) is 15.0 Å². The fraction of sp³-hybridized carbons (Fsp3) is 0.182. The van der Waals surface area contributed by atoms with E-state index in [1.807, 2.05) is 30.3 Å². The minimum absolute atomic E-state index is 0.0229. The largest absolute Gasteiger partial charge is 0.384 e. The Labute approximate surface area is 179 Å². The Hall–Kier alpha value is -3.43. The number of ether oxygens (including phenoxy) is 1. The molecule has 0 spiro atoms. The number of nitrogens with zero attached hydrogens (tertiary/aromatic N) is 3. The highest BCUT2D eigenvalue weighted by Gasteiger charge is 2.30. The lowest BCUT2D eigenvalue weighted by Crippen LogP contribution is -2.39. The van der Waals surface area contributed by atoms with Gasteiger partial charge in [0.2, 0.25) is 9.84 Å². The zero-order valence-electron chi connectivity index (χ0n) is 16.6. The molecule has 1 aliphatic rings. The van der Waals surface area contributed by atoms with Crippen molar-refractivity contribution in [3.63, 3.8) is 0 Å². The third kappa shape index (κ3) is 3.41. The molecular weight excluding hydrogens is 414 g/mol. The number of nitrogens with one attached hydrogen (secondary N) is 1. The van der Waals surface area contributed by atoms with E-state index in [0.29, 0.717) is 31.0 Å². The van der Waals surface area contributed by atoms with Gasteiger partial charge in [0.05, 0.1) is 11.5 Å². The molecule has 8 nitrogen and oxygen atoms in total. The second-order valence-corrected chi connectivity index (χ2v) is 9.21. The average molecular weight is 436 g/mol. The second-order valence-electron chi connectivity index (χ2n) is 7.32. The molecule has 0 unspecified atom stereocenters. The molecule has 1 saturated heterocycles. The van der Waals surface area contributed by atoms with Gasteiger partial charge in [0.25, 0.3) is 0 Å². The van der Waals surface area contributed by atoms with Crippen molar-refractivity contribution >= 4 is 32.5 Å². The molecule has 3 heterocycles. The van der Waals surface area contributed by atoms with Crippen LogP contribution in [0, 0.1) is 0 Å². The van der Waals surface area contributed by atoms with Crippen LogP contribution in [0.4, 0.5) is 11.6 Å². The van der Waals surface area contributed by atoms with Gasteiger partial charge in [0, 0.05) is 13.1 Å². The van der Waals surface area contributed by atoms with E-state index in [9.17, 15) is 8.42 Å². The van der Waals surface area contributed by atoms with Crippen LogP contribution in [0.3, 0.4) is 0 Å². The first kappa shape index (κ1) is 19.5. The molecule has 158 valence electrons. The van der Waals surface area contributed by atoms with E-state index < -0.39 is 9.84 Å². The first-order valence-corrected chi connectivity index (χ1v) is 11.4. The number of morpholine rings is 1. The lowest BCUT2D eigenvalue weighted by Gasteiger charge is -2.34. The molecule has 31 heavy (non-hydrogen) atoms. The van der Waals surface area contributed by atoms with E-state index in [0.717, 1.165) is 5.56 Å². The maximum absolute atomic E-state index is 13.3. The molecule has 9 heteroatoms. The summed E-state index contributed by atoms with van der Waals surface area (Å²) < 4.78 is 32.5. The van der Waals surface area contributed by atoms with Gasteiger partial charge < -0.3 is 20.4 Å². The molecule has 1 fully saturated rings. The van der Waals surface area contributed by atoms with Crippen molar-refractivity contribution in [2.75, 3.05) is 30.3 Å². The molecule has 3 N–H and O–H groups in total. The van der Waals surface area contributed by atoms with Gasteiger partial charge in [-0.1, -0.05) is 48.5 Å². The molecule has 0 radical (unpaired) electrons. The lowest BCUT2D eigenvalue weighted by molar-refractivity contribution is 0.0396. The predicted molar refractivity (Wildman–Crippen MR) is 118 cm³/mol. The average Bonchev–Trinajstić information content (AvgIpc) is 3.17. The molecule has 4 aromatic rings. The smallest absolute Gasteiger partial charge is 0.212 e. The van der Waals surface area contributed by atoms with Gasteiger partial charge in [-0.15, -0.1) is 0 Å². The Bertz CT molecular complexity index is 1320. The first-order chi connectivity index (χ1) is 15.1. The summed E-state index contributed by atoms with van der Waals surface area (Å²) in [5.74, 6) is 0.656. The number of aromatic amines is 1. The fourth-order valence-corrected chi connectivity index (χ4v) is 5.42. The van der Waals surface area contributed by atoms with Crippen LogP contribution >= 0.6 is 0 Å². The van der Waals surface area contributed by atoms with Crippen LogP contribution in [-0.4, -0.2) is 43.1 Å². The van der Waals surface area contributed by atoms with E-state index in [4.69, 9.17) is 10.5 Å². The minimum Gasteiger partial charge on any atom is -0.384 e. The maximum Gasteiger partial charge on any atom is 0.212 e. The molecule has 1 atom stereocenters. The van der Waals surface area contributed by atoms with Gasteiger partial charge in [0.15, 0.2) is 5.82 Å². The number of sulfone groups is 1. The number of aromatic nitrogens is 3. The second kappa shape index (κ2) is 7.68. The zero-order chi connectivity index (χ0) is 21.4. The molecular formula is C22H21N5O3S. The van der Waals surface area contributed by atoms with E-state index in [2.05, 4.69) is 19.9 Å². The Morgan fingerprint density at radius 1 is 1.03 bits per heavy atom. The highest BCUT2D eigenvalue weighted by Crippen LogP contribution is 2.36. The molecule has 0 amide bonds. The van der Waals surface area contributed by atoms with Gasteiger partial charge in [-0.25, -0.2) is 18.4 Å². The van der Waals surface area contributed by atoms with Crippen LogP contribution < -0.4 is 10.6 Å². The normalized spacial score (nSPS) is 17.2. The summed E-state index contributed by atoms with van der Waals surface area (Å²) in [6.45, 7) is 1.72. The monoisotopic (exact) mass is 435 g/mol. The number of H-pyrrole nitrogens is 1. The zero-order valence-corrected chi connectivity index (χ0v) is 17.4. The number of anilines is 2. The van der Waals surface area contributed by atoms with Crippen molar-refractivity contribution in [1.29, 1.82) is 0 Å². The van der Waals surface area contributed by atoms with Crippen LogP contribution in [0.15, 0.2) is 76.8 Å². The maximum atomic E-state index is 13.3. The standard InChI is InChI=1S/C22H21N5O3S/c23-21-20(31(28,29)16-9-5-2-6-10-16)18-19(26-21)22(25-14-24-18)27-11-12-30-17(13-27)15-7-3-1-4-8-15/h1-10,14,17,26H,11-13,23H2/t17-/m0/s1. The summed E-state index contributed by atoms with van der Waals surface area (Å²) in [5.41, 5.74) is 8.02. The number of nitrogens with two attached hydrogens (primary N) is 1. The van der Waals surface area contributed by atoms with Gasteiger partial charge in [-0.05, 0) is 17.7 Å². The summed E-state index contributed by atoms with van der Waals surface area (Å²) in [7, 11) is -3.84. The molecule has 2 aromatic carbocycles. The van der Waals surface area contributed by atoms with Crippen LogP contribution in [0.25, 0.3) is 11.0 Å². The lowest BCUT2D eigenvalue weighted by atomic mass is 10.1. The van der Waals surface area contributed by atoms with Crippen molar-refractivity contribution < 1.29 is 13.2 Å². The number of fused-ring (bicyclic) bond motifs is 1. The van der Waals surface area contributed by atoms with Crippen molar-refractivity contribution in [2.24, 2.45) is 0 Å². The summed E-state index contributed by atoms with van der Waals surface area (Å²) in [6, 6.07) is 18.2. The van der Waals surface area contributed by atoms with Crippen molar-refractivity contribution in [3.05, 3.63) is 72.6 Å². The summed E-state index contributed by atoms with van der Waals surface area (Å²) in [4.78, 5) is 13.9. The van der Waals surface area contributed by atoms with Crippen LogP contribution in [0.2, 0.25) is 0 Å². The van der Waals surface area contributed by atoms with Crippen molar-refractivity contribution in [3.8, 4) is 0 Å². The molecule has 2 aromatic heterocycles. The Morgan fingerprint density at radius 2 is 1.74 bits per heavy atom. The van der Waals surface area contributed by atoms with E-state index in [1.54, 1.807) is 30.3 Å². The summed E-state index contributed by atoms with van der Waals surface area (Å²) >= 11 is 0. The van der Waals surface area contributed by atoms with E-state index in [1.165, 1.54) is 6.33 Å². The fourth-order valence-electron chi connectivity index (χ4n) is 3.92. The third-order valence-electron chi connectivity index (χ3n) is 5.41. The SMILES string of the molecule is Nc1[nH]c2c(N3CCO[C@H](c4ccccc4)C3)ncnc2c1S(=O)(=O)c1ccccc1. The molecule has 5 rings (SSSR count). The number of hydrogen-bond acceptors (Lipinski definition) is 7. The van der Waals surface area contributed by atoms with Crippen molar-refractivity contribution in [2.45, 2.75) is 15.9 Å². The Morgan fingerprint density at radius 3 is 2.48 bits per heavy atom.